The molecule has 0 radical (unpaired) electrons. The van der Waals surface area contributed by atoms with Crippen LogP contribution in [0, 0.1) is 5.92 Å². The van der Waals surface area contributed by atoms with Gasteiger partial charge < -0.3 is 35.6 Å². The van der Waals surface area contributed by atoms with Crippen LogP contribution in [0.2, 0.25) is 0 Å². The Morgan fingerprint density at radius 3 is 2.07 bits per heavy atom. The number of benzene rings is 4. The van der Waals surface area contributed by atoms with E-state index in [9.17, 15) is 9.59 Å². The van der Waals surface area contributed by atoms with Gasteiger partial charge in [0.25, 0.3) is 0 Å². The highest BCUT2D eigenvalue weighted by Gasteiger charge is 2.37. The van der Waals surface area contributed by atoms with Crippen molar-refractivity contribution in [3.8, 4) is 33.6 Å². The fourth-order valence-corrected chi connectivity index (χ4v) is 8.05. The number of carbonyl (C=O) groups excluding carboxylic acids is 2. The number of nitrogens with two attached hydrogens (primary N) is 1. The van der Waals surface area contributed by atoms with Crippen LogP contribution in [0.1, 0.15) is 68.8 Å². The van der Waals surface area contributed by atoms with Gasteiger partial charge in [0, 0.05) is 24.9 Å². The van der Waals surface area contributed by atoms with Crippen molar-refractivity contribution in [2.24, 2.45) is 11.7 Å². The molecular weight excluding hydrogens is 701 g/mol. The first kappa shape index (κ1) is 36.6. The number of hydrogen-bond acceptors (Lipinski definition) is 7. The number of nitrogens with one attached hydrogen (secondary N) is 3. The van der Waals surface area contributed by atoms with Gasteiger partial charge in [0.1, 0.15) is 17.7 Å². The lowest BCUT2D eigenvalue weighted by molar-refractivity contribution is -0.135. The fraction of sp³-hybridized carbons (Fsp3) is 0.289. The number of nitrogens with zero attached hydrogens (tertiary/aromatic N) is 4. The summed E-state index contributed by atoms with van der Waals surface area (Å²) >= 11 is 0. The maximum Gasteiger partial charge on any atom is 0.407 e. The SMILES string of the molecule is COC(=O)NC(C(=O)N1CCCC1c1ncc(-c2ccc3cc(-c4ccc(-c5cnc(C6CCCN6C=C(N)c6ccccc6)[nH]5)cc4)ccc3c2)[nH]1)C(C)C. The summed E-state index contributed by atoms with van der Waals surface area (Å²) in [5.74, 6) is 1.49. The molecule has 4 heterocycles. The molecule has 0 aliphatic carbocycles. The number of carbonyl (C=O) groups is 2. The summed E-state index contributed by atoms with van der Waals surface area (Å²) in [5, 5.41) is 4.98. The monoisotopic (exact) mass is 748 g/mol. The second kappa shape index (κ2) is 15.8. The van der Waals surface area contributed by atoms with Crippen LogP contribution in [0.5, 0.6) is 0 Å². The molecule has 2 aromatic heterocycles. The van der Waals surface area contributed by atoms with Gasteiger partial charge in [-0.25, -0.2) is 14.8 Å². The van der Waals surface area contributed by atoms with E-state index in [0.29, 0.717) is 6.54 Å². The average Bonchev–Trinajstić information content (AvgIpc) is 4.07. The maximum absolute atomic E-state index is 13.6. The normalized spacial score (nSPS) is 17.8. The van der Waals surface area contributed by atoms with Crippen LogP contribution >= 0.6 is 0 Å². The van der Waals surface area contributed by atoms with Gasteiger partial charge >= 0.3 is 6.09 Å². The summed E-state index contributed by atoms with van der Waals surface area (Å²) < 4.78 is 4.77. The van der Waals surface area contributed by atoms with Gasteiger partial charge in [-0.1, -0.05) is 92.7 Å². The number of rotatable bonds is 10. The number of hydrogen-bond donors (Lipinski definition) is 4. The molecule has 11 heteroatoms. The summed E-state index contributed by atoms with van der Waals surface area (Å²) in [4.78, 5) is 46.3. The second-order valence-electron chi connectivity index (χ2n) is 15.1. The minimum absolute atomic E-state index is 0.0910. The molecule has 5 N–H and O–H groups in total. The number of methoxy groups -OCH3 is 1. The number of likely N-dealkylation sites (tertiary alicyclic amines) is 2. The molecule has 56 heavy (non-hydrogen) atoms. The van der Waals surface area contributed by atoms with Crippen molar-refractivity contribution < 1.29 is 14.3 Å². The number of imidazole rings is 2. The van der Waals surface area contributed by atoms with Gasteiger partial charge in [-0.3, -0.25) is 4.79 Å². The molecule has 2 aliphatic heterocycles. The molecule has 2 aliphatic rings. The average molecular weight is 749 g/mol. The molecule has 286 valence electrons. The standard InChI is InChI=1S/C45H48N8O3/c1-28(2)41(51-45(55)56-3)44(54)53-22-8-12-40(53)43-48-26-38(50-43)35-20-19-33-23-32(17-18-34(33)24-35)29-13-15-31(16-14-29)37-25-47-42(49-37)39-11-7-21-52(39)27-36(46)30-9-5-4-6-10-30/h4-6,9-10,13-20,23-28,39-41H,7-8,11-12,21-22,46H2,1-3H3,(H,47,49)(H,48,50)(H,51,55). The smallest absolute Gasteiger partial charge is 0.407 e. The fourth-order valence-electron chi connectivity index (χ4n) is 8.05. The van der Waals surface area contributed by atoms with E-state index in [4.69, 9.17) is 20.4 Å². The van der Waals surface area contributed by atoms with Crippen LogP contribution in [-0.2, 0) is 9.53 Å². The first-order valence-corrected chi connectivity index (χ1v) is 19.4. The van der Waals surface area contributed by atoms with Crippen molar-refractivity contribution in [3.05, 3.63) is 127 Å². The van der Waals surface area contributed by atoms with Crippen LogP contribution < -0.4 is 11.1 Å². The van der Waals surface area contributed by atoms with E-state index in [2.05, 4.69) is 87.0 Å². The van der Waals surface area contributed by atoms with Crippen molar-refractivity contribution in [2.45, 2.75) is 57.7 Å². The molecule has 0 saturated carbocycles. The lowest BCUT2D eigenvalue weighted by Crippen LogP contribution is -2.51. The van der Waals surface area contributed by atoms with Gasteiger partial charge in [-0.15, -0.1) is 0 Å². The van der Waals surface area contributed by atoms with E-state index < -0.39 is 12.1 Å². The molecule has 4 aromatic carbocycles. The second-order valence-corrected chi connectivity index (χ2v) is 15.1. The number of aromatic nitrogens is 4. The number of H-pyrrole nitrogens is 2. The van der Waals surface area contributed by atoms with Gasteiger partial charge in [0.15, 0.2) is 0 Å². The Balaban J connectivity index is 0.944. The number of amides is 2. The van der Waals surface area contributed by atoms with Crippen LogP contribution in [-0.4, -0.2) is 68.0 Å². The zero-order chi connectivity index (χ0) is 38.8. The zero-order valence-electron chi connectivity index (χ0n) is 32.0. The molecule has 2 saturated heterocycles. The Bertz CT molecular complexity index is 2360. The van der Waals surface area contributed by atoms with E-state index in [0.717, 1.165) is 99.6 Å². The Kier molecular flexibility index (Phi) is 10.3. The highest BCUT2D eigenvalue weighted by atomic mass is 16.5. The van der Waals surface area contributed by atoms with Gasteiger partial charge in [-0.2, -0.15) is 0 Å². The predicted octanol–water partition coefficient (Wildman–Crippen LogP) is 8.43. The quantitative estimate of drug-likeness (QED) is 0.110. The molecular formula is C45H48N8O3. The molecule has 0 bridgehead atoms. The summed E-state index contributed by atoms with van der Waals surface area (Å²) in [7, 11) is 1.30. The lowest BCUT2D eigenvalue weighted by Gasteiger charge is -2.30. The van der Waals surface area contributed by atoms with Crippen molar-refractivity contribution in [3.63, 3.8) is 0 Å². The number of fused-ring (bicyclic) bond motifs is 1. The predicted molar refractivity (Wildman–Crippen MR) is 220 cm³/mol. The Labute approximate surface area is 327 Å². The summed E-state index contributed by atoms with van der Waals surface area (Å²) in [6.45, 7) is 5.39. The molecule has 6 aromatic rings. The first-order valence-electron chi connectivity index (χ1n) is 19.4. The van der Waals surface area contributed by atoms with Crippen molar-refractivity contribution in [2.75, 3.05) is 20.2 Å². The van der Waals surface area contributed by atoms with E-state index in [1.165, 1.54) is 7.11 Å². The third-order valence-corrected chi connectivity index (χ3v) is 11.1. The maximum atomic E-state index is 13.6. The minimum Gasteiger partial charge on any atom is -0.453 e. The third kappa shape index (κ3) is 7.49. The molecule has 2 fully saturated rings. The van der Waals surface area contributed by atoms with Gasteiger partial charge in [0.2, 0.25) is 5.91 Å². The highest BCUT2D eigenvalue weighted by molar-refractivity contribution is 5.91. The first-order chi connectivity index (χ1) is 27.2. The van der Waals surface area contributed by atoms with E-state index in [1.54, 1.807) is 0 Å². The minimum atomic E-state index is -0.673. The van der Waals surface area contributed by atoms with Crippen LogP contribution in [0.15, 0.2) is 110 Å². The summed E-state index contributed by atoms with van der Waals surface area (Å²) in [6.07, 6.45) is 9.00. The molecule has 3 unspecified atom stereocenters. The van der Waals surface area contributed by atoms with E-state index in [1.807, 2.05) is 61.5 Å². The summed E-state index contributed by atoms with van der Waals surface area (Å²) in [6, 6.07) is 30.9. The molecule has 2 amide bonds. The number of alkyl carbamates (subject to hydrolysis) is 1. The Morgan fingerprint density at radius 1 is 0.786 bits per heavy atom. The lowest BCUT2D eigenvalue weighted by atomic mass is 9.98. The summed E-state index contributed by atoms with van der Waals surface area (Å²) in [5.41, 5.74) is 14.5. The Hall–Kier alpha value is -6.36. The van der Waals surface area contributed by atoms with E-state index >= 15 is 0 Å². The number of aromatic amines is 2. The Morgan fingerprint density at radius 2 is 1.38 bits per heavy atom. The van der Waals surface area contributed by atoms with Crippen LogP contribution in [0.3, 0.4) is 0 Å². The molecule has 0 spiro atoms. The van der Waals surface area contributed by atoms with Crippen molar-refractivity contribution >= 4 is 28.5 Å². The van der Waals surface area contributed by atoms with E-state index in [-0.39, 0.29) is 23.9 Å². The van der Waals surface area contributed by atoms with Crippen molar-refractivity contribution in [1.29, 1.82) is 0 Å². The van der Waals surface area contributed by atoms with Gasteiger partial charge in [0.05, 0.1) is 48.7 Å². The zero-order valence-corrected chi connectivity index (χ0v) is 32.0. The molecule has 3 atom stereocenters. The number of ether oxygens (including phenoxy) is 1. The van der Waals surface area contributed by atoms with Crippen LogP contribution in [0.4, 0.5) is 4.79 Å². The largest absolute Gasteiger partial charge is 0.453 e. The van der Waals surface area contributed by atoms with Crippen LogP contribution in [0.25, 0.3) is 50.1 Å². The van der Waals surface area contributed by atoms with Gasteiger partial charge in [-0.05, 0) is 76.8 Å². The molecule has 11 nitrogen and oxygen atoms in total. The van der Waals surface area contributed by atoms with Crippen molar-refractivity contribution in [1.82, 2.24) is 35.1 Å². The topological polar surface area (TPSA) is 145 Å². The molecule has 8 rings (SSSR count). The highest BCUT2D eigenvalue weighted by Crippen LogP contribution is 2.35. The third-order valence-electron chi connectivity index (χ3n) is 11.1.